The molecule has 0 bridgehead atoms. The van der Waals surface area contributed by atoms with Crippen molar-refractivity contribution in [2.45, 2.75) is 19.8 Å². The van der Waals surface area contributed by atoms with Crippen LogP contribution in [-0.2, 0) is 26.0 Å². The fraction of sp³-hybridized carbons (Fsp3) is 0.667. The van der Waals surface area contributed by atoms with Crippen LogP contribution in [0.5, 0.6) is 0 Å². The number of H-pyrrole nitrogens is 1. The van der Waals surface area contributed by atoms with Gasteiger partial charge in [-0.05, 0) is 13.3 Å². The molecule has 0 fully saturated rings. The fourth-order valence-corrected chi connectivity index (χ4v) is 2.19. The number of carbonyl (C=O) groups excluding carboxylic acids is 1. The maximum atomic E-state index is 11.4. The van der Waals surface area contributed by atoms with Gasteiger partial charge in [0.25, 0.3) is 0 Å². The van der Waals surface area contributed by atoms with Gasteiger partial charge in [-0.3, -0.25) is 9.89 Å². The summed E-state index contributed by atoms with van der Waals surface area (Å²) in [6.45, 7) is 2.03. The minimum absolute atomic E-state index is 0.167. The number of sulfonamides is 1. The summed E-state index contributed by atoms with van der Waals surface area (Å²) in [5.41, 5.74) is 0. The molecule has 1 aromatic heterocycles. The number of rotatable bonds is 8. The van der Waals surface area contributed by atoms with E-state index in [9.17, 15) is 13.2 Å². The number of aromatic amines is 1. The van der Waals surface area contributed by atoms with E-state index in [2.05, 4.69) is 24.6 Å². The molecule has 0 saturated carbocycles. The first kappa shape index (κ1) is 14.6. The minimum Gasteiger partial charge on any atom is -0.465 e. The first-order valence-corrected chi connectivity index (χ1v) is 7.16. The summed E-state index contributed by atoms with van der Waals surface area (Å²) in [4.78, 5) is 14.9. The standard InChI is InChI=1S/C9H16N4O4S/c1-2-17-9(14)6-18(15,16)12-5-3-4-8-10-7-11-13-8/h7,12H,2-6H2,1H3,(H,10,11,13). The van der Waals surface area contributed by atoms with Crippen molar-refractivity contribution in [3.63, 3.8) is 0 Å². The lowest BCUT2D eigenvalue weighted by atomic mass is 10.3. The van der Waals surface area contributed by atoms with Gasteiger partial charge in [-0.1, -0.05) is 0 Å². The molecule has 8 nitrogen and oxygen atoms in total. The minimum atomic E-state index is -3.61. The summed E-state index contributed by atoms with van der Waals surface area (Å²) in [5.74, 6) is -0.705. The number of hydrogen-bond acceptors (Lipinski definition) is 6. The Morgan fingerprint density at radius 1 is 1.56 bits per heavy atom. The highest BCUT2D eigenvalue weighted by Gasteiger charge is 2.16. The molecule has 2 N–H and O–H groups in total. The summed E-state index contributed by atoms with van der Waals surface area (Å²) in [6, 6.07) is 0. The number of hydrogen-bond donors (Lipinski definition) is 2. The molecule has 9 heteroatoms. The van der Waals surface area contributed by atoms with E-state index in [0.29, 0.717) is 18.7 Å². The van der Waals surface area contributed by atoms with E-state index in [1.807, 2.05) is 0 Å². The van der Waals surface area contributed by atoms with E-state index in [1.54, 1.807) is 6.92 Å². The molecule has 1 heterocycles. The lowest BCUT2D eigenvalue weighted by molar-refractivity contribution is -0.139. The average molecular weight is 276 g/mol. The lowest BCUT2D eigenvalue weighted by Gasteiger charge is -2.05. The van der Waals surface area contributed by atoms with Crippen LogP contribution in [0, 0.1) is 0 Å². The second-order valence-electron chi connectivity index (χ2n) is 3.49. The van der Waals surface area contributed by atoms with Crippen LogP contribution in [-0.4, -0.2) is 48.5 Å². The molecule has 0 atom stereocenters. The van der Waals surface area contributed by atoms with Gasteiger partial charge in [-0.15, -0.1) is 0 Å². The predicted molar refractivity (Wildman–Crippen MR) is 63.1 cm³/mol. The summed E-state index contributed by atoms with van der Waals surface area (Å²) in [5, 5.41) is 6.34. The van der Waals surface area contributed by atoms with Gasteiger partial charge >= 0.3 is 5.97 Å². The van der Waals surface area contributed by atoms with E-state index >= 15 is 0 Å². The van der Waals surface area contributed by atoms with Crippen LogP contribution in [0.3, 0.4) is 0 Å². The third-order valence-electron chi connectivity index (χ3n) is 1.99. The number of carbonyl (C=O) groups is 1. The second kappa shape index (κ2) is 7.07. The third kappa shape index (κ3) is 5.73. The van der Waals surface area contributed by atoms with Crippen LogP contribution in [0.1, 0.15) is 19.2 Å². The van der Waals surface area contributed by atoms with E-state index in [4.69, 9.17) is 0 Å². The summed E-state index contributed by atoms with van der Waals surface area (Å²) in [7, 11) is -3.61. The Kier molecular flexibility index (Phi) is 5.72. The Balaban J connectivity index is 2.23. The van der Waals surface area contributed by atoms with Crippen LogP contribution >= 0.6 is 0 Å². The van der Waals surface area contributed by atoms with Crippen LogP contribution in [0.4, 0.5) is 0 Å². The Bertz CT molecular complexity index is 457. The number of esters is 1. The second-order valence-corrected chi connectivity index (χ2v) is 5.30. The maximum Gasteiger partial charge on any atom is 0.322 e. The van der Waals surface area contributed by atoms with E-state index < -0.39 is 21.7 Å². The first-order chi connectivity index (χ1) is 8.53. The lowest BCUT2D eigenvalue weighted by Crippen LogP contribution is -2.31. The van der Waals surface area contributed by atoms with Crippen molar-refractivity contribution < 1.29 is 17.9 Å². The highest BCUT2D eigenvalue weighted by molar-refractivity contribution is 7.90. The van der Waals surface area contributed by atoms with E-state index in [0.717, 1.165) is 0 Å². The first-order valence-electron chi connectivity index (χ1n) is 5.50. The van der Waals surface area contributed by atoms with Gasteiger partial charge in [-0.2, -0.15) is 5.10 Å². The van der Waals surface area contributed by atoms with Crippen LogP contribution in [0.2, 0.25) is 0 Å². The van der Waals surface area contributed by atoms with Crippen molar-refractivity contribution in [1.82, 2.24) is 19.9 Å². The average Bonchev–Trinajstić information content (AvgIpc) is 2.76. The smallest absolute Gasteiger partial charge is 0.322 e. The number of nitrogens with one attached hydrogen (secondary N) is 2. The summed E-state index contributed by atoms with van der Waals surface area (Å²) < 4.78 is 29.7. The normalized spacial score (nSPS) is 11.4. The topological polar surface area (TPSA) is 114 Å². The molecular weight excluding hydrogens is 260 g/mol. The molecule has 0 aromatic carbocycles. The van der Waals surface area contributed by atoms with Crippen molar-refractivity contribution in [3.8, 4) is 0 Å². The zero-order valence-electron chi connectivity index (χ0n) is 10.0. The zero-order chi connectivity index (χ0) is 13.4. The Hall–Kier alpha value is -1.48. The molecule has 102 valence electrons. The van der Waals surface area contributed by atoms with Crippen molar-refractivity contribution in [1.29, 1.82) is 0 Å². The van der Waals surface area contributed by atoms with Gasteiger partial charge in [0.1, 0.15) is 12.2 Å². The molecule has 0 aliphatic rings. The van der Waals surface area contributed by atoms with Gasteiger partial charge in [0.2, 0.25) is 10.0 Å². The predicted octanol–water partition coefficient (Wildman–Crippen LogP) is -0.780. The molecule has 18 heavy (non-hydrogen) atoms. The molecule has 0 aliphatic heterocycles. The number of nitrogens with zero attached hydrogens (tertiary/aromatic N) is 2. The molecule has 1 aromatic rings. The van der Waals surface area contributed by atoms with Crippen LogP contribution in [0.25, 0.3) is 0 Å². The molecule has 1 rings (SSSR count). The molecule has 0 spiro atoms. The molecule has 0 amide bonds. The maximum absolute atomic E-state index is 11.4. The van der Waals surface area contributed by atoms with Gasteiger partial charge < -0.3 is 4.74 Å². The van der Waals surface area contributed by atoms with Gasteiger partial charge in [0.05, 0.1) is 6.61 Å². The van der Waals surface area contributed by atoms with Gasteiger partial charge in [0, 0.05) is 13.0 Å². The monoisotopic (exact) mass is 276 g/mol. The molecule has 0 unspecified atom stereocenters. The van der Waals surface area contributed by atoms with Crippen LogP contribution in [0.15, 0.2) is 6.33 Å². The molecule has 0 radical (unpaired) electrons. The number of aryl methyl sites for hydroxylation is 1. The quantitative estimate of drug-likeness (QED) is 0.475. The highest BCUT2D eigenvalue weighted by atomic mass is 32.2. The molecular formula is C9H16N4O4S. The SMILES string of the molecule is CCOC(=O)CS(=O)(=O)NCCCc1ncn[nH]1. The Morgan fingerprint density at radius 3 is 2.94 bits per heavy atom. The summed E-state index contributed by atoms with van der Waals surface area (Å²) in [6.07, 6.45) is 2.54. The number of aromatic nitrogens is 3. The fourth-order valence-electron chi connectivity index (χ4n) is 1.24. The van der Waals surface area contributed by atoms with E-state index in [1.165, 1.54) is 6.33 Å². The molecule has 0 saturated heterocycles. The summed E-state index contributed by atoms with van der Waals surface area (Å²) >= 11 is 0. The van der Waals surface area contributed by atoms with Crippen molar-refractivity contribution in [3.05, 3.63) is 12.2 Å². The largest absolute Gasteiger partial charge is 0.465 e. The third-order valence-corrected chi connectivity index (χ3v) is 3.25. The van der Waals surface area contributed by atoms with Gasteiger partial charge in [-0.25, -0.2) is 18.1 Å². The van der Waals surface area contributed by atoms with Crippen molar-refractivity contribution in [2.24, 2.45) is 0 Å². The highest BCUT2D eigenvalue weighted by Crippen LogP contribution is 1.94. The molecule has 0 aliphatic carbocycles. The van der Waals surface area contributed by atoms with Crippen molar-refractivity contribution >= 4 is 16.0 Å². The van der Waals surface area contributed by atoms with E-state index in [-0.39, 0.29) is 13.2 Å². The zero-order valence-corrected chi connectivity index (χ0v) is 10.9. The Labute approximate surface area is 105 Å². The number of ether oxygens (including phenoxy) is 1. The van der Waals surface area contributed by atoms with Crippen molar-refractivity contribution in [2.75, 3.05) is 18.9 Å². The van der Waals surface area contributed by atoms with Gasteiger partial charge in [0.15, 0.2) is 5.75 Å². The Morgan fingerprint density at radius 2 is 2.33 bits per heavy atom. The van der Waals surface area contributed by atoms with Crippen LogP contribution < -0.4 is 4.72 Å².